The molecule has 9 nitrogen and oxygen atoms in total. The molecular formula is C19H18N2O7. The predicted molar refractivity (Wildman–Crippen MR) is 94.0 cm³/mol. The van der Waals surface area contributed by atoms with Crippen molar-refractivity contribution in [3.63, 3.8) is 0 Å². The first kappa shape index (κ1) is 18.3. The second-order valence-electron chi connectivity index (χ2n) is 7.32. The Hall–Kier alpha value is -3.07. The molecule has 1 aromatic carbocycles. The van der Waals surface area contributed by atoms with E-state index in [0.29, 0.717) is 0 Å². The largest absolute Gasteiger partial charge is 0.427 e. The summed E-state index contributed by atoms with van der Waals surface area (Å²) < 4.78 is 10.8. The van der Waals surface area contributed by atoms with Gasteiger partial charge in [-0.2, -0.15) is 0 Å². The van der Waals surface area contributed by atoms with Crippen molar-refractivity contribution in [2.24, 2.45) is 17.8 Å². The Morgan fingerprint density at radius 3 is 2.29 bits per heavy atom. The number of carbonyl (C=O) groups is 3. The minimum atomic E-state index is -0.542. The SMILES string of the molecule is C[C@H](CC(=O)Oc1ccc([N+](=O)[O-])cc1)CN1C(=O)C2C3C=CC(O3)C2C1=O. The number of fused-ring (bicyclic) bond motifs is 5. The minimum Gasteiger partial charge on any atom is -0.427 e. The molecule has 1 aromatic rings. The quantitative estimate of drug-likeness (QED) is 0.181. The van der Waals surface area contributed by atoms with Crippen LogP contribution in [0.25, 0.3) is 0 Å². The van der Waals surface area contributed by atoms with Gasteiger partial charge >= 0.3 is 5.97 Å². The van der Waals surface area contributed by atoms with Crippen molar-refractivity contribution in [3.8, 4) is 5.75 Å². The van der Waals surface area contributed by atoms with Gasteiger partial charge in [0.25, 0.3) is 5.69 Å². The van der Waals surface area contributed by atoms with Crippen molar-refractivity contribution in [2.75, 3.05) is 6.54 Å². The molecule has 2 fully saturated rings. The number of ether oxygens (including phenoxy) is 2. The first-order valence-corrected chi connectivity index (χ1v) is 8.99. The summed E-state index contributed by atoms with van der Waals surface area (Å²) in [5.74, 6) is -2.03. The molecule has 2 bridgehead atoms. The van der Waals surface area contributed by atoms with Crippen LogP contribution >= 0.6 is 0 Å². The number of likely N-dealkylation sites (tertiary alicyclic amines) is 1. The summed E-state index contributed by atoms with van der Waals surface area (Å²) in [6.45, 7) is 1.90. The fraction of sp³-hybridized carbons (Fsp3) is 0.421. The monoisotopic (exact) mass is 386 g/mol. The van der Waals surface area contributed by atoms with Crippen LogP contribution in [0.15, 0.2) is 36.4 Å². The number of hydrogen-bond donors (Lipinski definition) is 0. The van der Waals surface area contributed by atoms with Gasteiger partial charge in [0, 0.05) is 18.7 Å². The summed E-state index contributed by atoms with van der Waals surface area (Å²) >= 11 is 0. The van der Waals surface area contributed by atoms with Gasteiger partial charge in [0.1, 0.15) is 5.75 Å². The molecule has 4 rings (SSSR count). The van der Waals surface area contributed by atoms with E-state index in [0.717, 1.165) is 0 Å². The van der Waals surface area contributed by atoms with E-state index in [4.69, 9.17) is 9.47 Å². The minimum absolute atomic E-state index is 0.00495. The zero-order valence-corrected chi connectivity index (χ0v) is 15.0. The number of esters is 1. The van der Waals surface area contributed by atoms with Crippen molar-refractivity contribution in [1.29, 1.82) is 0 Å². The third-order valence-corrected chi connectivity index (χ3v) is 5.29. The van der Waals surface area contributed by atoms with Crippen LogP contribution in [0, 0.1) is 27.9 Å². The molecule has 0 aromatic heterocycles. The van der Waals surface area contributed by atoms with Crippen LogP contribution in [-0.4, -0.2) is 46.4 Å². The molecule has 0 saturated carbocycles. The number of nitro groups is 1. The molecular weight excluding hydrogens is 368 g/mol. The van der Waals surface area contributed by atoms with Gasteiger partial charge in [0.15, 0.2) is 0 Å². The Bertz CT molecular complexity index is 849. The van der Waals surface area contributed by atoms with Crippen molar-refractivity contribution < 1.29 is 28.8 Å². The molecule has 9 heteroatoms. The topological polar surface area (TPSA) is 116 Å². The van der Waals surface area contributed by atoms with E-state index in [2.05, 4.69) is 0 Å². The van der Waals surface area contributed by atoms with E-state index in [1.807, 2.05) is 12.2 Å². The Balaban J connectivity index is 1.32. The van der Waals surface area contributed by atoms with E-state index in [-0.39, 0.29) is 54.3 Å². The summed E-state index contributed by atoms with van der Waals surface area (Å²) in [5, 5.41) is 10.6. The van der Waals surface area contributed by atoms with Gasteiger partial charge in [-0.05, 0) is 18.1 Å². The average molecular weight is 386 g/mol. The van der Waals surface area contributed by atoms with Crippen LogP contribution < -0.4 is 4.74 Å². The molecule has 2 saturated heterocycles. The van der Waals surface area contributed by atoms with Crippen molar-refractivity contribution >= 4 is 23.5 Å². The lowest BCUT2D eigenvalue weighted by Gasteiger charge is -2.21. The molecule has 0 aliphatic carbocycles. The van der Waals surface area contributed by atoms with Crippen LogP contribution in [0.5, 0.6) is 5.75 Å². The average Bonchev–Trinajstić information content (AvgIpc) is 3.32. The molecule has 3 heterocycles. The number of nitro benzene ring substituents is 1. The van der Waals surface area contributed by atoms with Gasteiger partial charge in [-0.3, -0.25) is 29.4 Å². The Morgan fingerprint density at radius 1 is 1.18 bits per heavy atom. The molecule has 4 unspecified atom stereocenters. The van der Waals surface area contributed by atoms with Crippen LogP contribution in [0.1, 0.15) is 13.3 Å². The van der Waals surface area contributed by atoms with E-state index >= 15 is 0 Å². The zero-order valence-electron chi connectivity index (χ0n) is 15.0. The molecule has 3 aliphatic rings. The van der Waals surface area contributed by atoms with Crippen molar-refractivity contribution in [3.05, 3.63) is 46.5 Å². The molecule has 5 atom stereocenters. The van der Waals surface area contributed by atoms with E-state index in [9.17, 15) is 24.5 Å². The fourth-order valence-electron chi connectivity index (χ4n) is 4.02. The molecule has 0 spiro atoms. The number of benzene rings is 1. The lowest BCUT2D eigenvalue weighted by atomic mass is 9.85. The van der Waals surface area contributed by atoms with Gasteiger partial charge in [-0.25, -0.2) is 0 Å². The summed E-state index contributed by atoms with van der Waals surface area (Å²) in [4.78, 5) is 48.7. The summed E-state index contributed by atoms with van der Waals surface area (Å²) in [6.07, 6.45) is 2.99. The zero-order chi connectivity index (χ0) is 20.0. The molecule has 146 valence electrons. The van der Waals surface area contributed by atoms with E-state index < -0.39 is 22.7 Å². The number of amides is 2. The number of hydrogen-bond acceptors (Lipinski definition) is 7. The van der Waals surface area contributed by atoms with Gasteiger partial charge in [0.05, 0.1) is 35.4 Å². The van der Waals surface area contributed by atoms with Gasteiger partial charge in [0.2, 0.25) is 11.8 Å². The highest BCUT2D eigenvalue weighted by Crippen LogP contribution is 2.45. The van der Waals surface area contributed by atoms with Gasteiger partial charge < -0.3 is 9.47 Å². The maximum Gasteiger partial charge on any atom is 0.311 e. The normalized spacial score (nSPS) is 28.5. The summed E-state index contributed by atoms with van der Waals surface area (Å²) in [5.41, 5.74) is -0.0998. The highest BCUT2D eigenvalue weighted by molar-refractivity contribution is 6.06. The first-order chi connectivity index (χ1) is 13.3. The lowest BCUT2D eigenvalue weighted by molar-refractivity contribution is -0.384. The number of non-ortho nitro benzene ring substituents is 1. The van der Waals surface area contributed by atoms with Crippen LogP contribution in [0.2, 0.25) is 0 Å². The highest BCUT2D eigenvalue weighted by atomic mass is 16.6. The van der Waals surface area contributed by atoms with Crippen LogP contribution in [0.4, 0.5) is 5.69 Å². The van der Waals surface area contributed by atoms with Gasteiger partial charge in [-0.1, -0.05) is 19.1 Å². The number of nitrogens with zero attached hydrogens (tertiary/aromatic N) is 2. The number of imide groups is 1. The smallest absolute Gasteiger partial charge is 0.311 e. The molecule has 0 radical (unpaired) electrons. The highest BCUT2D eigenvalue weighted by Gasteiger charge is 2.60. The van der Waals surface area contributed by atoms with Crippen molar-refractivity contribution in [2.45, 2.75) is 25.6 Å². The third kappa shape index (κ3) is 3.07. The Kier molecular flexibility index (Phi) is 4.46. The second kappa shape index (κ2) is 6.83. The maximum absolute atomic E-state index is 12.6. The number of rotatable bonds is 6. The molecule has 3 aliphatic heterocycles. The van der Waals surface area contributed by atoms with Crippen LogP contribution in [0.3, 0.4) is 0 Å². The lowest BCUT2D eigenvalue weighted by Crippen LogP contribution is -2.38. The third-order valence-electron chi connectivity index (χ3n) is 5.29. The molecule has 28 heavy (non-hydrogen) atoms. The summed E-state index contributed by atoms with van der Waals surface area (Å²) in [7, 11) is 0. The Labute approximate surface area is 160 Å². The maximum atomic E-state index is 12.6. The van der Waals surface area contributed by atoms with E-state index in [1.165, 1.54) is 29.2 Å². The summed E-state index contributed by atoms with van der Waals surface area (Å²) in [6, 6.07) is 5.18. The molecule has 2 amide bonds. The fourth-order valence-corrected chi connectivity index (χ4v) is 4.02. The molecule has 0 N–H and O–H groups in total. The van der Waals surface area contributed by atoms with Crippen LogP contribution in [-0.2, 0) is 19.1 Å². The second-order valence-corrected chi connectivity index (χ2v) is 7.32. The van der Waals surface area contributed by atoms with Gasteiger partial charge in [-0.15, -0.1) is 0 Å². The number of carbonyl (C=O) groups excluding carboxylic acids is 3. The first-order valence-electron chi connectivity index (χ1n) is 8.99. The predicted octanol–water partition coefficient (Wildman–Crippen LogP) is 1.46. The van der Waals surface area contributed by atoms with Crippen molar-refractivity contribution in [1.82, 2.24) is 4.90 Å². The Morgan fingerprint density at radius 2 is 1.75 bits per heavy atom. The van der Waals surface area contributed by atoms with E-state index in [1.54, 1.807) is 6.92 Å². The standard InChI is InChI=1S/C19H18N2O7/c1-10(8-15(22)27-12-4-2-11(3-5-12)21(25)26)9-20-18(23)16-13-6-7-14(28-13)17(16)19(20)24/h2-7,10,13-14,16-17H,8-9H2,1H3/t10-,13?,14?,16?,17?/m1/s1.